The molecular weight excluding hydrogens is 650 g/mol. The van der Waals surface area contributed by atoms with Gasteiger partial charge in [0.05, 0.1) is 30.2 Å². The van der Waals surface area contributed by atoms with Crippen molar-refractivity contribution in [3.63, 3.8) is 0 Å². The Bertz CT molecular complexity index is 1800. The van der Waals surface area contributed by atoms with Crippen LogP contribution in [0.2, 0.25) is 5.02 Å². The second-order valence-electron chi connectivity index (χ2n) is 13.3. The van der Waals surface area contributed by atoms with Gasteiger partial charge in [0.1, 0.15) is 5.75 Å². The van der Waals surface area contributed by atoms with Crippen LogP contribution in [-0.2, 0) is 31.2 Å². The molecule has 3 aliphatic rings. The number of rotatable bonds is 11. The van der Waals surface area contributed by atoms with E-state index in [0.29, 0.717) is 24.5 Å². The Morgan fingerprint density at radius 1 is 1.17 bits per heavy atom. The Balaban J connectivity index is 1.18. The number of carbonyl (C=O) groups is 2. The van der Waals surface area contributed by atoms with Gasteiger partial charge >= 0.3 is 5.97 Å². The summed E-state index contributed by atoms with van der Waals surface area (Å²) in [5, 5.41) is -0.181. The van der Waals surface area contributed by atoms with E-state index >= 15 is 0 Å². The number of carbonyl (C=O) groups excluding carboxylic acids is 2. The van der Waals surface area contributed by atoms with Crippen LogP contribution in [0.3, 0.4) is 0 Å². The quantitative estimate of drug-likeness (QED) is 0.125. The molecule has 1 saturated carbocycles. The molecule has 2 aromatic carbocycles. The van der Waals surface area contributed by atoms with Gasteiger partial charge in [0.15, 0.2) is 5.78 Å². The van der Waals surface area contributed by atoms with E-state index in [-0.39, 0.29) is 35.1 Å². The van der Waals surface area contributed by atoms with E-state index in [1.54, 1.807) is 25.1 Å². The number of esters is 1. The molecule has 9 nitrogen and oxygen atoms in total. The third kappa shape index (κ3) is 7.01. The predicted molar refractivity (Wildman–Crippen MR) is 184 cm³/mol. The van der Waals surface area contributed by atoms with Crippen molar-refractivity contribution in [2.24, 2.45) is 11.8 Å². The van der Waals surface area contributed by atoms with Crippen LogP contribution in [0.25, 0.3) is 0 Å². The molecule has 0 bridgehead atoms. The second-order valence-corrected chi connectivity index (χ2v) is 15.8. The average molecular weight is 692 g/mol. The number of hydrogen-bond acceptors (Lipinski definition) is 9. The lowest BCUT2D eigenvalue weighted by molar-refractivity contribution is -0.114. The molecule has 3 aromatic rings. The molecule has 0 radical (unpaired) electrons. The number of sulfone groups is 1. The molecular formula is C37H42ClN3O6S. The van der Waals surface area contributed by atoms with Gasteiger partial charge in [0.2, 0.25) is 15.0 Å². The number of aromatic nitrogens is 2. The first kappa shape index (κ1) is 34.1. The van der Waals surface area contributed by atoms with Crippen molar-refractivity contribution in [3.8, 4) is 5.75 Å². The Kier molecular flexibility index (Phi) is 10.2. The predicted octanol–water partition coefficient (Wildman–Crippen LogP) is 6.57. The molecule has 11 heteroatoms. The summed E-state index contributed by atoms with van der Waals surface area (Å²) in [6, 6.07) is 13.2. The molecule has 4 atom stereocenters. The standard InChI is InChI=1S/C37H42ClN3O6S/c1-3-31(48(44,45)36-39-18-5-19-40-36)14-13-30(42)12-9-25-7-8-28(25)22-41-23-37(17-4-6-26-20-29(38)11-15-32(26)37)24-47-34-16-10-27(21-33(34)41)35(43)46-2/h5,9-12,15-16,18-21,25,28,31H,3-4,6-8,13-14,17,22-24H2,1-2H3/b12-9+/t25-,28-,31+,37-/m0/s1. The van der Waals surface area contributed by atoms with Crippen molar-refractivity contribution in [1.29, 1.82) is 0 Å². The summed E-state index contributed by atoms with van der Waals surface area (Å²) in [6.07, 6.45) is 12.2. The molecule has 1 aliphatic heterocycles. The second kappa shape index (κ2) is 14.4. The summed E-state index contributed by atoms with van der Waals surface area (Å²) < 4.78 is 37.6. The van der Waals surface area contributed by atoms with Gasteiger partial charge in [-0.05, 0) is 110 Å². The van der Waals surface area contributed by atoms with Gasteiger partial charge in [-0.1, -0.05) is 30.7 Å². The van der Waals surface area contributed by atoms with Crippen LogP contribution in [0.15, 0.2) is 72.2 Å². The van der Waals surface area contributed by atoms with Crippen LogP contribution in [0.4, 0.5) is 5.69 Å². The summed E-state index contributed by atoms with van der Waals surface area (Å²) in [5.74, 6) is 0.763. The molecule has 254 valence electrons. The van der Waals surface area contributed by atoms with Crippen LogP contribution in [0.5, 0.6) is 5.75 Å². The number of methoxy groups -OCH3 is 1. The first-order chi connectivity index (χ1) is 23.1. The molecule has 0 unspecified atom stereocenters. The molecule has 0 amide bonds. The van der Waals surface area contributed by atoms with Gasteiger partial charge in [0, 0.05) is 42.3 Å². The highest BCUT2D eigenvalue weighted by molar-refractivity contribution is 7.91. The first-order valence-electron chi connectivity index (χ1n) is 16.7. The Labute approximate surface area is 287 Å². The van der Waals surface area contributed by atoms with Crippen LogP contribution in [-0.4, -0.2) is 62.2 Å². The van der Waals surface area contributed by atoms with E-state index in [4.69, 9.17) is 21.1 Å². The zero-order valence-electron chi connectivity index (χ0n) is 27.4. The summed E-state index contributed by atoms with van der Waals surface area (Å²) >= 11 is 6.40. The molecule has 2 heterocycles. The minimum Gasteiger partial charge on any atom is -0.490 e. The number of nitrogens with zero attached hydrogens (tertiary/aromatic N) is 3. The van der Waals surface area contributed by atoms with Crippen molar-refractivity contribution in [3.05, 3.63) is 88.7 Å². The number of fused-ring (bicyclic) bond motifs is 3. The number of aryl methyl sites for hydroxylation is 1. The highest BCUT2D eigenvalue weighted by Crippen LogP contribution is 2.46. The van der Waals surface area contributed by atoms with Gasteiger partial charge in [-0.25, -0.2) is 23.2 Å². The molecule has 0 N–H and O–H groups in total. The normalized spacial score (nSPS) is 22.6. The van der Waals surface area contributed by atoms with Crippen LogP contribution in [0.1, 0.15) is 73.4 Å². The van der Waals surface area contributed by atoms with Gasteiger partial charge in [-0.3, -0.25) is 4.79 Å². The summed E-state index contributed by atoms with van der Waals surface area (Å²) in [7, 11) is -2.33. The monoisotopic (exact) mass is 691 g/mol. The Morgan fingerprint density at radius 3 is 2.71 bits per heavy atom. The summed E-state index contributed by atoms with van der Waals surface area (Å²) in [4.78, 5) is 35.7. The van der Waals surface area contributed by atoms with E-state index in [2.05, 4.69) is 27.0 Å². The number of ketones is 1. The Morgan fingerprint density at radius 2 is 1.98 bits per heavy atom. The zero-order chi connectivity index (χ0) is 33.9. The fraction of sp³-hybridized carbons (Fsp3) is 0.459. The minimum absolute atomic E-state index is 0.0871. The lowest BCUT2D eigenvalue weighted by atomic mass is 9.69. The van der Waals surface area contributed by atoms with Crippen molar-refractivity contribution >= 4 is 38.9 Å². The van der Waals surface area contributed by atoms with Crippen LogP contribution in [0, 0.1) is 11.8 Å². The minimum atomic E-state index is -3.72. The molecule has 1 spiro atoms. The van der Waals surface area contributed by atoms with E-state index in [0.717, 1.165) is 61.7 Å². The third-order valence-electron chi connectivity index (χ3n) is 10.3. The SMILES string of the molecule is CC[C@H](CCC(=O)/C=C/[C@@H]1CC[C@H]1CN1C[C@@]2(CCCc3cc(Cl)ccc32)COc2ccc(C(=O)OC)cc21)S(=O)(=O)c1ncccn1. The molecule has 48 heavy (non-hydrogen) atoms. The number of anilines is 1. The fourth-order valence-electron chi connectivity index (χ4n) is 7.49. The molecule has 1 fully saturated rings. The van der Waals surface area contributed by atoms with E-state index in [1.165, 1.54) is 30.6 Å². The smallest absolute Gasteiger partial charge is 0.337 e. The Hall–Kier alpha value is -3.76. The van der Waals surface area contributed by atoms with Gasteiger partial charge in [-0.15, -0.1) is 0 Å². The van der Waals surface area contributed by atoms with Gasteiger partial charge < -0.3 is 14.4 Å². The topological polar surface area (TPSA) is 116 Å². The largest absolute Gasteiger partial charge is 0.490 e. The van der Waals surface area contributed by atoms with Gasteiger partial charge in [-0.2, -0.15) is 0 Å². The van der Waals surface area contributed by atoms with E-state index in [9.17, 15) is 18.0 Å². The van der Waals surface area contributed by atoms with Crippen molar-refractivity contribution in [2.75, 3.05) is 31.7 Å². The molecule has 2 aliphatic carbocycles. The molecule has 1 aromatic heterocycles. The first-order valence-corrected chi connectivity index (χ1v) is 18.7. The van der Waals surface area contributed by atoms with Crippen molar-refractivity contribution in [1.82, 2.24) is 9.97 Å². The van der Waals surface area contributed by atoms with Crippen LogP contribution >= 0.6 is 11.6 Å². The number of allylic oxidation sites excluding steroid dienone is 2. The zero-order valence-corrected chi connectivity index (χ0v) is 29.0. The number of hydrogen-bond donors (Lipinski definition) is 0. The summed E-state index contributed by atoms with van der Waals surface area (Å²) in [6.45, 7) is 3.79. The maximum absolute atomic E-state index is 13.0. The molecule has 0 saturated heterocycles. The highest BCUT2D eigenvalue weighted by atomic mass is 35.5. The highest BCUT2D eigenvalue weighted by Gasteiger charge is 2.43. The number of halogens is 1. The van der Waals surface area contributed by atoms with Gasteiger partial charge in [0.25, 0.3) is 0 Å². The fourth-order valence-corrected chi connectivity index (χ4v) is 9.27. The van der Waals surface area contributed by atoms with Crippen molar-refractivity contribution < 1.29 is 27.5 Å². The maximum Gasteiger partial charge on any atom is 0.337 e. The van der Waals surface area contributed by atoms with Crippen LogP contribution < -0.4 is 9.64 Å². The third-order valence-corrected chi connectivity index (χ3v) is 12.7. The number of ether oxygens (including phenoxy) is 2. The van der Waals surface area contributed by atoms with E-state index < -0.39 is 21.1 Å². The average Bonchev–Trinajstić information content (AvgIpc) is 3.23. The lowest BCUT2D eigenvalue weighted by Crippen LogP contribution is -2.48. The van der Waals surface area contributed by atoms with Crippen molar-refractivity contribution in [2.45, 2.75) is 74.1 Å². The summed E-state index contributed by atoms with van der Waals surface area (Å²) in [5.41, 5.74) is 3.63. The lowest BCUT2D eigenvalue weighted by Gasteiger charge is -2.44. The molecule has 6 rings (SSSR count). The maximum atomic E-state index is 13.0. The number of benzene rings is 2. The van der Waals surface area contributed by atoms with E-state index in [1.807, 2.05) is 24.3 Å².